The van der Waals surface area contributed by atoms with Crippen LogP contribution in [0, 0.1) is 5.41 Å². The van der Waals surface area contributed by atoms with Gasteiger partial charge in [0.1, 0.15) is 0 Å². The Bertz CT molecular complexity index is 119. The quantitative estimate of drug-likeness (QED) is 0.545. The van der Waals surface area contributed by atoms with Crippen molar-refractivity contribution in [2.24, 2.45) is 5.41 Å². The van der Waals surface area contributed by atoms with E-state index in [-0.39, 0.29) is 4.45 Å². The molecule has 1 saturated heterocycles. The van der Waals surface area contributed by atoms with Crippen LogP contribution < -0.4 is 0 Å². The zero-order chi connectivity index (χ0) is 6.91. The Labute approximate surface area is 64.0 Å². The molecule has 0 spiro atoms. The highest BCUT2D eigenvalue weighted by atomic mass is 32.2. The fourth-order valence-corrected chi connectivity index (χ4v) is 2.63. The highest BCUT2D eigenvalue weighted by molar-refractivity contribution is 8.39. The molecular weight excluding hydrogens is 152 g/mol. The molecule has 3 heteroatoms. The lowest BCUT2D eigenvalue weighted by molar-refractivity contribution is 0.276. The summed E-state index contributed by atoms with van der Waals surface area (Å²) < 4.78 is 0.286. The van der Waals surface area contributed by atoms with E-state index in [1.807, 2.05) is 0 Å². The molecule has 1 rings (SSSR count). The van der Waals surface area contributed by atoms with Gasteiger partial charge in [-0.1, -0.05) is 37.4 Å². The van der Waals surface area contributed by atoms with Crippen LogP contribution in [0.1, 0.15) is 13.8 Å². The summed E-state index contributed by atoms with van der Waals surface area (Å²) in [4.78, 5) is 10.7. The van der Waals surface area contributed by atoms with Crippen LogP contribution in [0.2, 0.25) is 0 Å². The predicted octanol–water partition coefficient (Wildman–Crippen LogP) is 2.61. The average molecular weight is 162 g/mol. The van der Waals surface area contributed by atoms with E-state index in [2.05, 4.69) is 13.8 Å². The van der Waals surface area contributed by atoms with Crippen LogP contribution >= 0.6 is 23.5 Å². The SMILES string of the molecule is CC1(C)CSC(=O)SC1. The fraction of sp³-hybridized carbons (Fsp3) is 0.833. The minimum Gasteiger partial charge on any atom is -0.274 e. The molecule has 0 bridgehead atoms. The van der Waals surface area contributed by atoms with Crippen molar-refractivity contribution in [2.45, 2.75) is 13.8 Å². The first kappa shape index (κ1) is 7.48. The lowest BCUT2D eigenvalue weighted by Gasteiger charge is -2.26. The maximum Gasteiger partial charge on any atom is 0.246 e. The highest BCUT2D eigenvalue weighted by Crippen LogP contribution is 2.36. The minimum absolute atomic E-state index is 0.286. The largest absolute Gasteiger partial charge is 0.274 e. The molecule has 0 N–H and O–H groups in total. The summed E-state index contributed by atoms with van der Waals surface area (Å²) >= 11 is 2.90. The Morgan fingerprint density at radius 3 is 2.11 bits per heavy atom. The van der Waals surface area contributed by atoms with Crippen molar-refractivity contribution in [3.05, 3.63) is 0 Å². The Morgan fingerprint density at radius 2 is 1.78 bits per heavy atom. The summed E-state index contributed by atoms with van der Waals surface area (Å²) in [5.41, 5.74) is 0.364. The predicted molar refractivity (Wildman–Crippen MR) is 44.1 cm³/mol. The Hall–Kier alpha value is 0.370. The van der Waals surface area contributed by atoms with Crippen molar-refractivity contribution < 1.29 is 4.79 Å². The molecule has 1 nitrogen and oxygen atoms in total. The van der Waals surface area contributed by atoms with Crippen molar-refractivity contribution in [3.8, 4) is 0 Å². The Balaban J connectivity index is 2.44. The monoisotopic (exact) mass is 162 g/mol. The second-order valence-electron chi connectivity index (χ2n) is 2.99. The molecule has 0 aromatic carbocycles. The summed E-state index contributed by atoms with van der Waals surface area (Å²) in [6, 6.07) is 0. The molecule has 1 fully saturated rings. The van der Waals surface area contributed by atoms with Gasteiger partial charge in [0, 0.05) is 11.5 Å². The van der Waals surface area contributed by atoms with Gasteiger partial charge in [0.25, 0.3) is 0 Å². The van der Waals surface area contributed by atoms with Gasteiger partial charge in [0.2, 0.25) is 4.45 Å². The van der Waals surface area contributed by atoms with Crippen LogP contribution in [0.3, 0.4) is 0 Å². The van der Waals surface area contributed by atoms with Crippen LogP contribution in [0.4, 0.5) is 4.79 Å². The van der Waals surface area contributed by atoms with Crippen LogP contribution in [0.15, 0.2) is 0 Å². The van der Waals surface area contributed by atoms with E-state index in [9.17, 15) is 4.79 Å². The first-order valence-corrected chi connectivity index (χ1v) is 4.87. The van der Waals surface area contributed by atoms with Gasteiger partial charge < -0.3 is 0 Å². The highest BCUT2D eigenvalue weighted by Gasteiger charge is 2.26. The Morgan fingerprint density at radius 1 is 1.33 bits per heavy atom. The van der Waals surface area contributed by atoms with Gasteiger partial charge in [-0.05, 0) is 5.41 Å². The number of rotatable bonds is 0. The van der Waals surface area contributed by atoms with Gasteiger partial charge in [-0.3, -0.25) is 4.79 Å². The summed E-state index contributed by atoms with van der Waals surface area (Å²) in [5.74, 6) is 1.97. The smallest absolute Gasteiger partial charge is 0.246 e. The Kier molecular flexibility index (Phi) is 2.11. The number of hydrogen-bond donors (Lipinski definition) is 0. The standard InChI is InChI=1S/C6H10OS2/c1-6(2)3-8-5(7)9-4-6/h3-4H2,1-2H3. The molecule has 0 aromatic heterocycles. The molecule has 0 atom stereocenters. The number of carbonyl (C=O) groups is 1. The van der Waals surface area contributed by atoms with E-state index < -0.39 is 0 Å². The first-order chi connectivity index (χ1) is 4.10. The van der Waals surface area contributed by atoms with Crippen molar-refractivity contribution in [2.75, 3.05) is 11.5 Å². The molecule has 0 aliphatic carbocycles. The van der Waals surface area contributed by atoms with E-state index in [0.29, 0.717) is 5.41 Å². The lowest BCUT2D eigenvalue weighted by Crippen LogP contribution is -2.22. The van der Waals surface area contributed by atoms with E-state index in [1.165, 1.54) is 23.5 Å². The van der Waals surface area contributed by atoms with E-state index in [4.69, 9.17) is 0 Å². The zero-order valence-electron chi connectivity index (χ0n) is 5.64. The number of hydrogen-bond acceptors (Lipinski definition) is 3. The van der Waals surface area contributed by atoms with Gasteiger partial charge in [0.15, 0.2) is 0 Å². The number of carbonyl (C=O) groups excluding carboxylic acids is 1. The van der Waals surface area contributed by atoms with Gasteiger partial charge in [-0.15, -0.1) is 0 Å². The molecule has 0 aromatic rings. The van der Waals surface area contributed by atoms with Gasteiger partial charge >= 0.3 is 0 Å². The topological polar surface area (TPSA) is 17.1 Å². The minimum atomic E-state index is 0.286. The third-order valence-corrected chi connectivity index (χ3v) is 4.19. The van der Waals surface area contributed by atoms with E-state index in [0.717, 1.165) is 11.5 Å². The summed E-state index contributed by atoms with van der Waals surface area (Å²) in [6.07, 6.45) is 0. The maximum atomic E-state index is 10.7. The van der Waals surface area contributed by atoms with Crippen LogP contribution in [0.25, 0.3) is 0 Å². The van der Waals surface area contributed by atoms with Crippen LogP contribution in [-0.2, 0) is 0 Å². The molecule has 9 heavy (non-hydrogen) atoms. The molecule has 0 saturated carbocycles. The van der Waals surface area contributed by atoms with Gasteiger partial charge in [-0.2, -0.15) is 0 Å². The van der Waals surface area contributed by atoms with Crippen LogP contribution in [-0.4, -0.2) is 16.0 Å². The molecule has 1 heterocycles. The number of thioether (sulfide) groups is 2. The van der Waals surface area contributed by atoms with E-state index in [1.54, 1.807) is 0 Å². The normalized spacial score (nSPS) is 26.2. The van der Waals surface area contributed by atoms with Gasteiger partial charge in [-0.25, -0.2) is 0 Å². The molecular formula is C6H10OS2. The van der Waals surface area contributed by atoms with Crippen molar-refractivity contribution in [1.82, 2.24) is 0 Å². The molecule has 0 amide bonds. The molecule has 1 aliphatic heterocycles. The second kappa shape index (κ2) is 2.54. The second-order valence-corrected chi connectivity index (χ2v) is 5.15. The zero-order valence-corrected chi connectivity index (χ0v) is 7.27. The lowest BCUT2D eigenvalue weighted by atomic mass is 10.0. The summed E-state index contributed by atoms with van der Waals surface area (Å²) in [6.45, 7) is 4.39. The van der Waals surface area contributed by atoms with Crippen molar-refractivity contribution >= 4 is 28.0 Å². The molecule has 1 aliphatic rings. The van der Waals surface area contributed by atoms with Crippen LogP contribution in [0.5, 0.6) is 0 Å². The van der Waals surface area contributed by atoms with Crippen molar-refractivity contribution in [3.63, 3.8) is 0 Å². The third kappa shape index (κ3) is 2.22. The average Bonchev–Trinajstić information content (AvgIpc) is 1.78. The molecule has 0 radical (unpaired) electrons. The first-order valence-electron chi connectivity index (χ1n) is 2.90. The summed E-state index contributed by atoms with van der Waals surface area (Å²) in [5, 5.41) is 0. The molecule has 0 unspecified atom stereocenters. The van der Waals surface area contributed by atoms with Crippen molar-refractivity contribution in [1.29, 1.82) is 0 Å². The molecule has 52 valence electrons. The van der Waals surface area contributed by atoms with E-state index >= 15 is 0 Å². The summed E-state index contributed by atoms with van der Waals surface area (Å²) in [7, 11) is 0. The van der Waals surface area contributed by atoms with Gasteiger partial charge in [0.05, 0.1) is 0 Å². The third-order valence-electron chi connectivity index (χ3n) is 1.16. The maximum absolute atomic E-state index is 10.7. The fourth-order valence-electron chi connectivity index (χ4n) is 0.592.